The first kappa shape index (κ1) is 11.1. The lowest BCUT2D eigenvalue weighted by atomic mass is 10.0. The van der Waals surface area contributed by atoms with Crippen molar-refractivity contribution in [2.75, 3.05) is 11.9 Å². The fourth-order valence-electron chi connectivity index (χ4n) is 2.29. The van der Waals surface area contributed by atoms with Gasteiger partial charge in [-0.1, -0.05) is 12.1 Å². The molecule has 0 saturated heterocycles. The zero-order valence-corrected chi connectivity index (χ0v) is 10.5. The van der Waals surface area contributed by atoms with E-state index < -0.39 is 0 Å². The van der Waals surface area contributed by atoms with Gasteiger partial charge in [-0.2, -0.15) is 5.10 Å². The van der Waals surface area contributed by atoms with Crippen LogP contribution in [0.4, 0.5) is 5.69 Å². The van der Waals surface area contributed by atoms with Gasteiger partial charge in [0.25, 0.3) is 0 Å². The lowest BCUT2D eigenvalue weighted by molar-refractivity contribution is 0.301. The van der Waals surface area contributed by atoms with Gasteiger partial charge < -0.3 is 10.1 Å². The highest BCUT2D eigenvalue weighted by atomic mass is 16.5. The predicted molar refractivity (Wildman–Crippen MR) is 70.8 cm³/mol. The lowest BCUT2D eigenvalue weighted by Gasteiger charge is -2.20. The molecule has 4 nitrogen and oxygen atoms in total. The summed E-state index contributed by atoms with van der Waals surface area (Å²) in [7, 11) is 1.91. The molecule has 0 bridgehead atoms. The zero-order valence-electron chi connectivity index (χ0n) is 10.5. The first-order valence-corrected chi connectivity index (χ1v) is 6.30. The highest BCUT2D eigenvalue weighted by molar-refractivity contribution is 5.63. The largest absolute Gasteiger partial charge is 0.485 e. The third kappa shape index (κ3) is 2.18. The van der Waals surface area contributed by atoms with E-state index in [1.165, 1.54) is 12.0 Å². The summed E-state index contributed by atoms with van der Waals surface area (Å²) in [5.74, 6) is 0.929. The normalized spacial score (nSPS) is 13.8. The van der Waals surface area contributed by atoms with E-state index in [2.05, 4.69) is 22.5 Å². The van der Waals surface area contributed by atoms with E-state index in [4.69, 9.17) is 4.74 Å². The molecule has 2 aromatic rings. The van der Waals surface area contributed by atoms with Crippen molar-refractivity contribution >= 4 is 5.69 Å². The molecule has 1 N–H and O–H groups in total. The molecule has 94 valence electrons. The number of aryl methyl sites for hydroxylation is 2. The number of aromatic nitrogens is 2. The van der Waals surface area contributed by atoms with Crippen LogP contribution in [0.2, 0.25) is 0 Å². The molecule has 1 aromatic heterocycles. The number of benzene rings is 1. The van der Waals surface area contributed by atoms with Crippen LogP contribution in [0.3, 0.4) is 0 Å². The second kappa shape index (κ2) is 4.72. The fourth-order valence-corrected chi connectivity index (χ4v) is 2.29. The Balaban J connectivity index is 1.76. The monoisotopic (exact) mass is 243 g/mol. The van der Waals surface area contributed by atoms with E-state index in [1.54, 1.807) is 4.68 Å². The van der Waals surface area contributed by atoms with Gasteiger partial charge in [0.15, 0.2) is 0 Å². The molecular weight excluding hydrogens is 226 g/mol. The number of nitrogens with one attached hydrogen (secondary N) is 1. The summed E-state index contributed by atoms with van der Waals surface area (Å²) < 4.78 is 7.65. The van der Waals surface area contributed by atoms with Crippen LogP contribution in [0, 0.1) is 0 Å². The number of hydrogen-bond donors (Lipinski definition) is 1. The van der Waals surface area contributed by atoms with Crippen LogP contribution in [-0.2, 0) is 20.1 Å². The third-order valence-corrected chi connectivity index (χ3v) is 3.18. The molecule has 0 spiro atoms. The summed E-state index contributed by atoms with van der Waals surface area (Å²) in [5, 5.41) is 7.73. The molecule has 4 heteroatoms. The average Bonchev–Trinajstić information content (AvgIpc) is 2.82. The molecule has 1 aliphatic heterocycles. The molecule has 18 heavy (non-hydrogen) atoms. The van der Waals surface area contributed by atoms with Crippen LogP contribution in [0.25, 0.3) is 0 Å². The predicted octanol–water partition coefficient (Wildman–Crippen LogP) is 2.36. The Morgan fingerprint density at radius 2 is 2.33 bits per heavy atom. The Bertz CT molecular complexity index is 548. The van der Waals surface area contributed by atoms with Gasteiger partial charge in [-0.25, -0.2) is 0 Å². The maximum Gasteiger partial charge on any atom is 0.143 e. The van der Waals surface area contributed by atoms with Crippen molar-refractivity contribution in [1.29, 1.82) is 0 Å². The van der Waals surface area contributed by atoms with Crippen LogP contribution < -0.4 is 10.1 Å². The van der Waals surface area contributed by atoms with E-state index in [1.807, 2.05) is 25.4 Å². The second-order valence-corrected chi connectivity index (χ2v) is 4.59. The van der Waals surface area contributed by atoms with Gasteiger partial charge in [0.05, 0.1) is 11.4 Å². The number of ether oxygens (including phenoxy) is 1. The molecule has 0 fully saturated rings. The van der Waals surface area contributed by atoms with Crippen molar-refractivity contribution in [2.45, 2.75) is 19.4 Å². The van der Waals surface area contributed by atoms with E-state index >= 15 is 0 Å². The molecular formula is C14H17N3O. The Morgan fingerprint density at radius 3 is 3.17 bits per heavy atom. The van der Waals surface area contributed by atoms with Crippen molar-refractivity contribution < 1.29 is 4.74 Å². The quantitative estimate of drug-likeness (QED) is 0.899. The number of nitrogens with zero attached hydrogens (tertiary/aromatic N) is 2. The maximum absolute atomic E-state index is 5.87. The molecule has 0 saturated carbocycles. The Labute approximate surface area is 107 Å². The standard InChI is InChI=1S/C14H17N3O/c1-17-9-7-12(16-17)10-18-13-6-2-4-11-5-3-8-15-14(11)13/h2,4,6-7,9,15H,3,5,8,10H2,1H3. The minimum absolute atomic E-state index is 0.513. The Kier molecular flexibility index (Phi) is 2.92. The second-order valence-electron chi connectivity index (χ2n) is 4.59. The van der Waals surface area contributed by atoms with Crippen LogP contribution in [-0.4, -0.2) is 16.3 Å². The summed E-state index contributed by atoms with van der Waals surface area (Å²) in [6.45, 7) is 1.54. The molecule has 0 radical (unpaired) electrons. The first-order chi connectivity index (χ1) is 8.83. The molecule has 0 unspecified atom stereocenters. The zero-order chi connectivity index (χ0) is 12.4. The van der Waals surface area contributed by atoms with Crippen molar-refractivity contribution in [3.8, 4) is 5.75 Å². The van der Waals surface area contributed by atoms with Gasteiger partial charge in [0, 0.05) is 19.8 Å². The van der Waals surface area contributed by atoms with Crippen molar-refractivity contribution in [1.82, 2.24) is 9.78 Å². The van der Waals surface area contributed by atoms with Gasteiger partial charge >= 0.3 is 0 Å². The first-order valence-electron chi connectivity index (χ1n) is 6.30. The Hall–Kier alpha value is -1.97. The van der Waals surface area contributed by atoms with Crippen molar-refractivity contribution in [3.05, 3.63) is 41.7 Å². The highest BCUT2D eigenvalue weighted by Gasteiger charge is 2.13. The smallest absolute Gasteiger partial charge is 0.143 e. The summed E-state index contributed by atoms with van der Waals surface area (Å²) in [6.07, 6.45) is 4.25. The van der Waals surface area contributed by atoms with E-state index in [9.17, 15) is 0 Å². The van der Waals surface area contributed by atoms with Crippen LogP contribution in [0.1, 0.15) is 17.7 Å². The van der Waals surface area contributed by atoms with Crippen molar-refractivity contribution in [2.24, 2.45) is 7.05 Å². The topological polar surface area (TPSA) is 39.1 Å². The molecule has 0 amide bonds. The van der Waals surface area contributed by atoms with Crippen LogP contribution in [0.15, 0.2) is 30.5 Å². The summed E-state index contributed by atoms with van der Waals surface area (Å²) >= 11 is 0. The minimum atomic E-state index is 0.513. The van der Waals surface area contributed by atoms with Gasteiger partial charge in [0.2, 0.25) is 0 Å². The summed E-state index contributed by atoms with van der Waals surface area (Å²) in [5.41, 5.74) is 3.45. The summed E-state index contributed by atoms with van der Waals surface area (Å²) in [6, 6.07) is 8.21. The summed E-state index contributed by atoms with van der Waals surface area (Å²) in [4.78, 5) is 0. The van der Waals surface area contributed by atoms with Crippen LogP contribution in [0.5, 0.6) is 5.75 Å². The molecule has 1 aliphatic rings. The van der Waals surface area contributed by atoms with E-state index in [0.29, 0.717) is 6.61 Å². The number of rotatable bonds is 3. The SMILES string of the molecule is Cn1ccc(COc2cccc3c2NCCC3)n1. The molecule has 2 heterocycles. The number of anilines is 1. The fraction of sp³-hybridized carbons (Fsp3) is 0.357. The van der Waals surface area contributed by atoms with Crippen molar-refractivity contribution in [3.63, 3.8) is 0 Å². The third-order valence-electron chi connectivity index (χ3n) is 3.18. The number of hydrogen-bond acceptors (Lipinski definition) is 3. The van der Waals surface area contributed by atoms with Gasteiger partial charge in [-0.15, -0.1) is 0 Å². The molecule has 1 aromatic carbocycles. The average molecular weight is 243 g/mol. The van der Waals surface area contributed by atoms with E-state index in [0.717, 1.165) is 30.1 Å². The molecule has 0 atom stereocenters. The maximum atomic E-state index is 5.87. The molecule has 0 aliphatic carbocycles. The Morgan fingerprint density at radius 1 is 1.39 bits per heavy atom. The van der Waals surface area contributed by atoms with Gasteiger partial charge in [-0.3, -0.25) is 4.68 Å². The molecule has 3 rings (SSSR count). The van der Waals surface area contributed by atoms with E-state index in [-0.39, 0.29) is 0 Å². The van der Waals surface area contributed by atoms with Gasteiger partial charge in [-0.05, 0) is 30.5 Å². The number of fused-ring (bicyclic) bond motifs is 1. The highest BCUT2D eigenvalue weighted by Crippen LogP contribution is 2.32. The lowest BCUT2D eigenvalue weighted by Crippen LogP contribution is -2.13. The van der Waals surface area contributed by atoms with Crippen LogP contribution >= 0.6 is 0 Å². The van der Waals surface area contributed by atoms with Gasteiger partial charge in [0.1, 0.15) is 12.4 Å². The minimum Gasteiger partial charge on any atom is -0.485 e. The number of para-hydroxylation sites is 1.